The fraction of sp³-hybridized carbons (Fsp3) is 0.200. The Kier molecular flexibility index (Phi) is 6.20. The lowest BCUT2D eigenvalue weighted by Crippen LogP contribution is -2.34. The van der Waals surface area contributed by atoms with Gasteiger partial charge in [-0.2, -0.15) is 5.10 Å². The number of hydrogen-bond acceptors (Lipinski definition) is 7. The van der Waals surface area contributed by atoms with Crippen LogP contribution >= 0.6 is 0 Å². The van der Waals surface area contributed by atoms with E-state index < -0.39 is 5.91 Å². The Labute approximate surface area is 167 Å². The summed E-state index contributed by atoms with van der Waals surface area (Å²) >= 11 is 0. The molecule has 0 saturated carbocycles. The van der Waals surface area contributed by atoms with Gasteiger partial charge >= 0.3 is 0 Å². The average molecular weight is 398 g/mol. The maximum atomic E-state index is 11.2. The van der Waals surface area contributed by atoms with Crippen LogP contribution in [0.25, 0.3) is 11.3 Å². The van der Waals surface area contributed by atoms with Crippen molar-refractivity contribution < 1.29 is 24.1 Å². The van der Waals surface area contributed by atoms with Gasteiger partial charge in [0, 0.05) is 11.6 Å². The SMILES string of the molecule is CCOc1ccccc1Oc1c(-c2ccc(OCC(=O)NN)cc2O)n[nH]c1C. The number of hydrogen-bond donors (Lipinski definition) is 4. The molecule has 3 rings (SSSR count). The van der Waals surface area contributed by atoms with Gasteiger partial charge in [0.2, 0.25) is 0 Å². The van der Waals surface area contributed by atoms with Crippen molar-refractivity contribution in [1.29, 1.82) is 0 Å². The number of para-hydroxylation sites is 2. The highest BCUT2D eigenvalue weighted by atomic mass is 16.5. The normalized spacial score (nSPS) is 10.4. The number of aryl methyl sites for hydroxylation is 1. The van der Waals surface area contributed by atoms with Crippen LogP contribution in [0.2, 0.25) is 0 Å². The molecule has 2 aromatic carbocycles. The third-order valence-corrected chi connectivity index (χ3v) is 4.01. The summed E-state index contributed by atoms with van der Waals surface area (Å²) in [5, 5.41) is 17.6. The van der Waals surface area contributed by atoms with Crippen molar-refractivity contribution in [3.63, 3.8) is 0 Å². The minimum atomic E-state index is -0.486. The molecule has 0 aliphatic rings. The molecule has 9 nitrogen and oxygen atoms in total. The topological polar surface area (TPSA) is 132 Å². The van der Waals surface area contributed by atoms with Gasteiger partial charge in [0.1, 0.15) is 17.2 Å². The summed E-state index contributed by atoms with van der Waals surface area (Å²) in [5.41, 5.74) is 3.52. The summed E-state index contributed by atoms with van der Waals surface area (Å²) in [6, 6.07) is 11.9. The second-order valence-corrected chi connectivity index (χ2v) is 6.04. The first kappa shape index (κ1) is 20.0. The number of hydrazine groups is 1. The van der Waals surface area contributed by atoms with E-state index in [0.717, 1.165) is 0 Å². The number of rotatable bonds is 8. The maximum absolute atomic E-state index is 11.2. The van der Waals surface area contributed by atoms with Gasteiger partial charge in [-0.1, -0.05) is 12.1 Å². The molecule has 0 aliphatic heterocycles. The van der Waals surface area contributed by atoms with Crippen LogP contribution in [0, 0.1) is 6.92 Å². The Morgan fingerprint density at radius 3 is 2.66 bits per heavy atom. The Morgan fingerprint density at radius 2 is 1.97 bits per heavy atom. The molecule has 9 heteroatoms. The minimum absolute atomic E-state index is 0.0786. The molecular weight excluding hydrogens is 376 g/mol. The Bertz CT molecular complexity index is 1000. The lowest BCUT2D eigenvalue weighted by atomic mass is 10.1. The number of aromatic amines is 1. The van der Waals surface area contributed by atoms with Crippen LogP contribution in [-0.4, -0.2) is 34.4 Å². The smallest absolute Gasteiger partial charge is 0.271 e. The highest BCUT2D eigenvalue weighted by Crippen LogP contribution is 2.41. The van der Waals surface area contributed by atoms with E-state index in [-0.39, 0.29) is 12.4 Å². The molecule has 29 heavy (non-hydrogen) atoms. The lowest BCUT2D eigenvalue weighted by Gasteiger charge is -2.13. The highest BCUT2D eigenvalue weighted by molar-refractivity contribution is 5.77. The standard InChI is InChI=1S/C20H22N4O5/c1-3-27-16-6-4-5-7-17(16)29-20-12(2)23-24-19(20)14-9-8-13(10-15(14)25)28-11-18(26)22-21/h4-10,25H,3,11,21H2,1-2H3,(H,22,26)(H,23,24). The zero-order chi connectivity index (χ0) is 20.8. The van der Waals surface area contributed by atoms with Crippen LogP contribution in [0.1, 0.15) is 12.6 Å². The van der Waals surface area contributed by atoms with Crippen LogP contribution in [0.4, 0.5) is 0 Å². The zero-order valence-electron chi connectivity index (χ0n) is 16.1. The minimum Gasteiger partial charge on any atom is -0.507 e. The van der Waals surface area contributed by atoms with Gasteiger partial charge in [0.25, 0.3) is 5.91 Å². The molecular formula is C20H22N4O5. The van der Waals surface area contributed by atoms with Crippen molar-refractivity contribution in [3.05, 3.63) is 48.2 Å². The van der Waals surface area contributed by atoms with Crippen molar-refractivity contribution in [2.24, 2.45) is 5.84 Å². The largest absolute Gasteiger partial charge is 0.507 e. The zero-order valence-corrected chi connectivity index (χ0v) is 16.1. The summed E-state index contributed by atoms with van der Waals surface area (Å²) in [4.78, 5) is 11.2. The highest BCUT2D eigenvalue weighted by Gasteiger charge is 2.19. The van der Waals surface area contributed by atoms with Gasteiger partial charge < -0.3 is 19.3 Å². The number of benzene rings is 2. The van der Waals surface area contributed by atoms with E-state index in [9.17, 15) is 9.90 Å². The molecule has 0 saturated heterocycles. The summed E-state index contributed by atoms with van der Waals surface area (Å²) in [6.07, 6.45) is 0. The van der Waals surface area contributed by atoms with E-state index >= 15 is 0 Å². The second kappa shape index (κ2) is 8.98. The van der Waals surface area contributed by atoms with Gasteiger partial charge in [-0.15, -0.1) is 0 Å². The number of aromatic hydroxyl groups is 1. The van der Waals surface area contributed by atoms with E-state index in [1.165, 1.54) is 6.07 Å². The number of H-pyrrole nitrogens is 1. The molecule has 0 atom stereocenters. The van der Waals surface area contributed by atoms with Gasteiger partial charge in [0.05, 0.1) is 12.3 Å². The Balaban J connectivity index is 1.89. The number of ether oxygens (including phenoxy) is 3. The monoisotopic (exact) mass is 398 g/mol. The molecule has 1 heterocycles. The summed E-state index contributed by atoms with van der Waals surface area (Å²) in [6.45, 7) is 3.95. The first-order chi connectivity index (χ1) is 14.0. The fourth-order valence-electron chi connectivity index (χ4n) is 2.64. The van der Waals surface area contributed by atoms with E-state index in [2.05, 4.69) is 10.2 Å². The summed E-state index contributed by atoms with van der Waals surface area (Å²) in [7, 11) is 0. The van der Waals surface area contributed by atoms with Crippen LogP contribution < -0.4 is 25.5 Å². The van der Waals surface area contributed by atoms with E-state index in [1.807, 2.05) is 37.5 Å². The average Bonchev–Trinajstić information content (AvgIpc) is 3.08. The predicted molar refractivity (Wildman–Crippen MR) is 106 cm³/mol. The third-order valence-electron chi connectivity index (χ3n) is 4.01. The number of amides is 1. The first-order valence-electron chi connectivity index (χ1n) is 8.93. The van der Waals surface area contributed by atoms with Crippen molar-refractivity contribution in [2.75, 3.05) is 13.2 Å². The molecule has 0 bridgehead atoms. The molecule has 0 unspecified atom stereocenters. The van der Waals surface area contributed by atoms with Crippen molar-refractivity contribution in [2.45, 2.75) is 13.8 Å². The third kappa shape index (κ3) is 4.58. The molecule has 0 aliphatic carbocycles. The van der Waals surface area contributed by atoms with Crippen molar-refractivity contribution in [1.82, 2.24) is 15.6 Å². The van der Waals surface area contributed by atoms with Gasteiger partial charge in [-0.05, 0) is 38.1 Å². The lowest BCUT2D eigenvalue weighted by molar-refractivity contribution is -0.123. The number of nitrogens with two attached hydrogens (primary N) is 1. The quantitative estimate of drug-likeness (QED) is 0.260. The van der Waals surface area contributed by atoms with Crippen molar-refractivity contribution >= 4 is 5.91 Å². The molecule has 3 aromatic rings. The predicted octanol–water partition coefficient (Wildman–Crippen LogP) is 2.65. The maximum Gasteiger partial charge on any atom is 0.271 e. The van der Waals surface area contributed by atoms with Crippen LogP contribution in [-0.2, 0) is 4.79 Å². The molecule has 1 aromatic heterocycles. The van der Waals surface area contributed by atoms with Crippen molar-refractivity contribution in [3.8, 4) is 40.0 Å². The molecule has 0 radical (unpaired) electrons. The first-order valence-corrected chi connectivity index (χ1v) is 8.93. The van der Waals surface area contributed by atoms with Crippen LogP contribution in [0.15, 0.2) is 42.5 Å². The van der Waals surface area contributed by atoms with Gasteiger partial charge in [0.15, 0.2) is 23.9 Å². The molecule has 0 spiro atoms. The Morgan fingerprint density at radius 1 is 1.21 bits per heavy atom. The number of aromatic nitrogens is 2. The van der Waals surface area contributed by atoms with E-state index in [1.54, 1.807) is 18.2 Å². The molecule has 152 valence electrons. The molecule has 1 amide bonds. The number of carbonyl (C=O) groups is 1. The van der Waals surface area contributed by atoms with E-state index in [0.29, 0.717) is 46.6 Å². The second-order valence-electron chi connectivity index (χ2n) is 6.04. The number of carbonyl (C=O) groups excluding carboxylic acids is 1. The summed E-state index contributed by atoms with van der Waals surface area (Å²) < 4.78 is 16.9. The van der Waals surface area contributed by atoms with Gasteiger partial charge in [-0.25, -0.2) is 5.84 Å². The van der Waals surface area contributed by atoms with Crippen LogP contribution in [0.3, 0.4) is 0 Å². The van der Waals surface area contributed by atoms with Gasteiger partial charge in [-0.3, -0.25) is 15.3 Å². The number of phenolic OH excluding ortho intramolecular Hbond substituents is 1. The Hall–Kier alpha value is -3.72. The number of nitrogens with zero attached hydrogens (tertiary/aromatic N) is 1. The van der Waals surface area contributed by atoms with Crippen LogP contribution in [0.5, 0.6) is 28.7 Å². The summed E-state index contributed by atoms with van der Waals surface area (Å²) in [5.74, 6) is 6.36. The number of nitrogens with one attached hydrogen (secondary N) is 2. The molecule has 0 fully saturated rings. The van der Waals surface area contributed by atoms with E-state index in [4.69, 9.17) is 20.1 Å². The molecule has 5 N–H and O–H groups in total. The number of phenols is 1. The fourth-order valence-corrected chi connectivity index (χ4v) is 2.64.